The van der Waals surface area contributed by atoms with E-state index >= 15 is 0 Å². The van der Waals surface area contributed by atoms with Crippen molar-refractivity contribution in [1.82, 2.24) is 9.97 Å². The molecule has 0 aromatic carbocycles. The van der Waals surface area contributed by atoms with Gasteiger partial charge in [-0.05, 0) is 12.1 Å². The van der Waals surface area contributed by atoms with Crippen molar-refractivity contribution < 1.29 is 9.15 Å². The van der Waals surface area contributed by atoms with Crippen LogP contribution in [0.2, 0.25) is 0 Å². The number of rotatable bonds is 5. The van der Waals surface area contributed by atoms with Crippen LogP contribution in [0.1, 0.15) is 18.5 Å². The van der Waals surface area contributed by atoms with Gasteiger partial charge in [-0.25, -0.2) is 4.98 Å². The van der Waals surface area contributed by atoms with E-state index in [1.807, 2.05) is 19.1 Å². The predicted octanol–water partition coefficient (Wildman–Crippen LogP) is 2.25. The number of aromatic nitrogens is 2. The third-order valence-corrected chi connectivity index (χ3v) is 2.30. The minimum Gasteiger partial charge on any atom is -0.481 e. The maximum atomic E-state index is 5.23. The monoisotopic (exact) mass is 233 g/mol. The van der Waals surface area contributed by atoms with Gasteiger partial charge in [-0.15, -0.1) is 0 Å². The number of ether oxygens (including phenoxy) is 1. The van der Waals surface area contributed by atoms with Gasteiger partial charge in [0.15, 0.2) is 0 Å². The molecule has 90 valence electrons. The minimum absolute atomic E-state index is 0.568. The Morgan fingerprint density at radius 1 is 1.41 bits per heavy atom. The largest absolute Gasteiger partial charge is 0.481 e. The van der Waals surface area contributed by atoms with E-state index in [0.29, 0.717) is 12.4 Å². The molecule has 2 heterocycles. The van der Waals surface area contributed by atoms with E-state index in [4.69, 9.17) is 9.15 Å². The third-order valence-electron chi connectivity index (χ3n) is 2.30. The van der Waals surface area contributed by atoms with Gasteiger partial charge in [-0.1, -0.05) is 6.92 Å². The standard InChI is InChI=1S/C12H15N3O2/c1-3-10-14-11(7-12(15-10)16-2)13-8-9-5-4-6-17-9/h4-7H,3,8H2,1-2H3,(H,13,14,15). The van der Waals surface area contributed by atoms with Gasteiger partial charge in [0.05, 0.1) is 19.9 Å². The Morgan fingerprint density at radius 3 is 2.94 bits per heavy atom. The van der Waals surface area contributed by atoms with Crippen LogP contribution < -0.4 is 10.1 Å². The molecule has 5 heteroatoms. The van der Waals surface area contributed by atoms with Gasteiger partial charge in [-0.2, -0.15) is 4.98 Å². The van der Waals surface area contributed by atoms with Crippen molar-refractivity contribution in [2.75, 3.05) is 12.4 Å². The van der Waals surface area contributed by atoms with Crippen LogP contribution >= 0.6 is 0 Å². The average Bonchev–Trinajstić information content (AvgIpc) is 2.89. The van der Waals surface area contributed by atoms with Crippen molar-refractivity contribution in [2.24, 2.45) is 0 Å². The van der Waals surface area contributed by atoms with E-state index in [2.05, 4.69) is 15.3 Å². The molecule has 0 fully saturated rings. The summed E-state index contributed by atoms with van der Waals surface area (Å²) in [5.74, 6) is 2.93. The summed E-state index contributed by atoms with van der Waals surface area (Å²) in [6.45, 7) is 2.60. The summed E-state index contributed by atoms with van der Waals surface area (Å²) < 4.78 is 10.4. The van der Waals surface area contributed by atoms with Crippen LogP contribution in [0.3, 0.4) is 0 Å². The van der Waals surface area contributed by atoms with Crippen LogP contribution in [0.5, 0.6) is 5.88 Å². The van der Waals surface area contributed by atoms with Gasteiger partial charge in [-0.3, -0.25) is 0 Å². The molecule has 0 aliphatic heterocycles. The number of hydrogen-bond donors (Lipinski definition) is 1. The van der Waals surface area contributed by atoms with Crippen molar-refractivity contribution in [2.45, 2.75) is 19.9 Å². The van der Waals surface area contributed by atoms with E-state index < -0.39 is 0 Å². The van der Waals surface area contributed by atoms with E-state index in [0.717, 1.165) is 23.8 Å². The molecule has 17 heavy (non-hydrogen) atoms. The number of hydrogen-bond acceptors (Lipinski definition) is 5. The number of aryl methyl sites for hydroxylation is 1. The first-order chi connectivity index (χ1) is 8.31. The molecule has 0 bridgehead atoms. The van der Waals surface area contributed by atoms with Gasteiger partial charge >= 0.3 is 0 Å². The first-order valence-electron chi connectivity index (χ1n) is 5.50. The van der Waals surface area contributed by atoms with Crippen LogP contribution in [-0.2, 0) is 13.0 Å². The summed E-state index contributed by atoms with van der Waals surface area (Å²) >= 11 is 0. The molecule has 0 spiro atoms. The molecule has 0 amide bonds. The van der Waals surface area contributed by atoms with Gasteiger partial charge in [0.2, 0.25) is 5.88 Å². The van der Waals surface area contributed by atoms with Crippen molar-refractivity contribution in [3.8, 4) is 5.88 Å². The smallest absolute Gasteiger partial charge is 0.218 e. The van der Waals surface area contributed by atoms with Gasteiger partial charge in [0.25, 0.3) is 0 Å². The zero-order valence-corrected chi connectivity index (χ0v) is 9.93. The van der Waals surface area contributed by atoms with E-state index in [1.165, 1.54) is 0 Å². The molecule has 1 N–H and O–H groups in total. The number of anilines is 1. The Hall–Kier alpha value is -2.04. The van der Waals surface area contributed by atoms with Crippen LogP contribution in [0.25, 0.3) is 0 Å². The summed E-state index contributed by atoms with van der Waals surface area (Å²) in [6, 6.07) is 5.53. The zero-order chi connectivity index (χ0) is 12.1. The fourth-order valence-electron chi connectivity index (χ4n) is 1.42. The van der Waals surface area contributed by atoms with Gasteiger partial charge in [0.1, 0.15) is 17.4 Å². The van der Waals surface area contributed by atoms with Crippen LogP contribution in [0.15, 0.2) is 28.9 Å². The van der Waals surface area contributed by atoms with Crippen molar-refractivity contribution in [1.29, 1.82) is 0 Å². The Morgan fingerprint density at radius 2 is 2.29 bits per heavy atom. The summed E-state index contributed by atoms with van der Waals surface area (Å²) in [5, 5.41) is 3.17. The molecule has 2 aromatic rings. The molecule has 0 saturated heterocycles. The Kier molecular flexibility index (Phi) is 3.59. The number of nitrogens with zero attached hydrogens (tertiary/aromatic N) is 2. The predicted molar refractivity (Wildman–Crippen MR) is 64.0 cm³/mol. The third kappa shape index (κ3) is 2.96. The quantitative estimate of drug-likeness (QED) is 0.858. The fraction of sp³-hybridized carbons (Fsp3) is 0.333. The summed E-state index contributed by atoms with van der Waals surface area (Å²) in [7, 11) is 1.60. The second-order valence-corrected chi connectivity index (χ2v) is 3.50. The first kappa shape index (κ1) is 11.4. The highest BCUT2D eigenvalue weighted by Gasteiger charge is 2.04. The summed E-state index contributed by atoms with van der Waals surface area (Å²) in [5.41, 5.74) is 0. The van der Waals surface area contributed by atoms with Crippen LogP contribution in [0.4, 0.5) is 5.82 Å². The number of furan rings is 1. The highest BCUT2D eigenvalue weighted by Crippen LogP contribution is 2.14. The SMILES string of the molecule is CCc1nc(NCc2ccco2)cc(OC)n1. The molecule has 0 aliphatic carbocycles. The topological polar surface area (TPSA) is 60.2 Å². The molecular weight excluding hydrogens is 218 g/mol. The Labute approximate surface area is 99.8 Å². The second-order valence-electron chi connectivity index (χ2n) is 3.50. The van der Waals surface area contributed by atoms with Crippen LogP contribution in [-0.4, -0.2) is 17.1 Å². The van der Waals surface area contributed by atoms with Crippen molar-refractivity contribution in [3.05, 3.63) is 36.0 Å². The molecule has 5 nitrogen and oxygen atoms in total. The Balaban J connectivity index is 2.09. The van der Waals surface area contributed by atoms with E-state index in [1.54, 1.807) is 19.4 Å². The molecule has 0 aliphatic rings. The number of nitrogens with one attached hydrogen (secondary N) is 1. The molecule has 0 unspecified atom stereocenters. The molecule has 0 atom stereocenters. The highest BCUT2D eigenvalue weighted by molar-refractivity contribution is 5.38. The lowest BCUT2D eigenvalue weighted by molar-refractivity contribution is 0.395. The lowest BCUT2D eigenvalue weighted by Gasteiger charge is -2.07. The fourth-order valence-corrected chi connectivity index (χ4v) is 1.42. The summed E-state index contributed by atoms with van der Waals surface area (Å²) in [6.07, 6.45) is 2.42. The first-order valence-corrected chi connectivity index (χ1v) is 5.50. The minimum atomic E-state index is 0.568. The Bertz CT molecular complexity index is 446. The molecule has 0 saturated carbocycles. The molecule has 0 radical (unpaired) electrons. The highest BCUT2D eigenvalue weighted by atomic mass is 16.5. The lowest BCUT2D eigenvalue weighted by atomic mass is 10.4. The normalized spacial score (nSPS) is 10.2. The van der Waals surface area contributed by atoms with E-state index in [9.17, 15) is 0 Å². The number of methoxy groups -OCH3 is 1. The van der Waals surface area contributed by atoms with E-state index in [-0.39, 0.29) is 0 Å². The lowest BCUT2D eigenvalue weighted by Crippen LogP contribution is -2.04. The second kappa shape index (κ2) is 5.34. The van der Waals surface area contributed by atoms with Crippen molar-refractivity contribution >= 4 is 5.82 Å². The van der Waals surface area contributed by atoms with Gasteiger partial charge < -0.3 is 14.5 Å². The zero-order valence-electron chi connectivity index (χ0n) is 9.93. The molecule has 2 aromatic heterocycles. The molecular formula is C12H15N3O2. The van der Waals surface area contributed by atoms with Crippen molar-refractivity contribution in [3.63, 3.8) is 0 Å². The average molecular weight is 233 g/mol. The maximum absolute atomic E-state index is 5.23. The maximum Gasteiger partial charge on any atom is 0.218 e. The summed E-state index contributed by atoms with van der Waals surface area (Å²) in [4.78, 5) is 8.57. The van der Waals surface area contributed by atoms with Gasteiger partial charge in [0, 0.05) is 12.5 Å². The van der Waals surface area contributed by atoms with Crippen LogP contribution in [0, 0.1) is 0 Å². The molecule has 2 rings (SSSR count).